The summed E-state index contributed by atoms with van der Waals surface area (Å²) < 4.78 is 30.7. The number of halogens is 9. The molecule has 10 aromatic rings. The number of aromatic amines is 1. The standard InChI is InChI=1S/C11H15BClNO2.C11H8ClN3.C10H6ClN3O2.C10H6ClN3.C6H15O3P.C5H3BrN2O2.CH2I2.2CH3I.CH4/c1-10(2)11(3,4)16-12(15-10)8-5-6-9(13)14-7-8;1-15-8-3-2-6-13-10(8)7-4-5-9(12)14-11(7)15;11-10-2-1-7(5-13-10)8-6-12-4-3-9(8)14(15)16;11-8-4-3-6-9-7(2-1-5-12-9)13-10(6)14-8;1-4-7-10(8-5-2)9-6-3;6-5-4(8(9)10)2-1-3-7-5;2-1-3;2*1-2;/h5-7H,1-4H3;2-6H,1H3;1-6H;1-5H,(H,13,14);4-6H2,1-3H3;1-3H;1H2;2*1H3;1H4. The second kappa shape index (κ2) is 42.6. The number of fused-ring (bicyclic) bond motifs is 6. The smallest absolute Gasteiger partial charge is 0.399 e. The average molecular weight is 1830 g/mol. The summed E-state index contributed by atoms with van der Waals surface area (Å²) >= 11 is 34.8. The molecule has 0 radical (unpaired) electrons. The third kappa shape index (κ3) is 25.4. The van der Waals surface area contributed by atoms with Gasteiger partial charge < -0.3 is 32.4 Å². The minimum Gasteiger partial charge on any atom is -0.399 e. The lowest BCUT2D eigenvalue weighted by atomic mass is 9.80. The summed E-state index contributed by atoms with van der Waals surface area (Å²) in [5, 5.41) is 24.8. The van der Waals surface area contributed by atoms with Crippen molar-refractivity contribution in [2.24, 2.45) is 7.05 Å². The Balaban J connectivity index is 0.000000359. The van der Waals surface area contributed by atoms with E-state index in [2.05, 4.69) is 151 Å². The molecule has 478 valence electrons. The Bertz CT molecular complexity index is 3720. The van der Waals surface area contributed by atoms with Gasteiger partial charge in [-0.05, 0) is 147 Å². The molecule has 11 heterocycles. The van der Waals surface area contributed by atoms with E-state index in [0.717, 1.165) is 49.6 Å². The second-order valence-electron chi connectivity index (χ2n) is 17.7. The van der Waals surface area contributed by atoms with E-state index in [4.69, 9.17) is 69.3 Å². The predicted molar refractivity (Wildman–Crippen MR) is 401 cm³/mol. The highest BCUT2D eigenvalue weighted by molar-refractivity contribution is 14.2. The van der Waals surface area contributed by atoms with Gasteiger partial charge in [0.1, 0.15) is 31.9 Å². The van der Waals surface area contributed by atoms with Crippen LogP contribution in [0.25, 0.3) is 55.3 Å². The Hall–Kier alpha value is -3.55. The normalized spacial score (nSPS) is 12.1. The van der Waals surface area contributed by atoms with Crippen LogP contribution in [-0.4, -0.2) is 110 Å². The van der Waals surface area contributed by atoms with Gasteiger partial charge in [-0.2, -0.15) is 0 Å². The highest BCUT2D eigenvalue weighted by atomic mass is 127. The molecule has 10 aromatic heterocycles. The minimum atomic E-state index is -1.06. The first-order valence-corrected chi connectivity index (χ1v) is 36.6. The Morgan fingerprint density at radius 3 is 1.66 bits per heavy atom. The fourth-order valence-corrected chi connectivity index (χ4v) is 8.94. The second-order valence-corrected chi connectivity index (χ2v) is 25.6. The molecule has 1 aliphatic heterocycles. The number of aryl methyl sites for hydroxylation is 1. The molecule has 0 aliphatic carbocycles. The first-order valence-electron chi connectivity index (χ1n) is 25.8. The number of hydrogen-bond acceptors (Lipinski definition) is 17. The highest BCUT2D eigenvalue weighted by Gasteiger charge is 2.51. The van der Waals surface area contributed by atoms with Gasteiger partial charge in [0.25, 0.3) is 5.69 Å². The zero-order valence-electron chi connectivity index (χ0n) is 49.0. The third-order valence-corrected chi connectivity index (χ3v) is 14.6. The number of nitro groups is 2. The summed E-state index contributed by atoms with van der Waals surface area (Å²) in [5.74, 6) is 0. The lowest BCUT2D eigenvalue weighted by molar-refractivity contribution is -0.386. The molecule has 0 bridgehead atoms. The van der Waals surface area contributed by atoms with Gasteiger partial charge in [-0.15, -0.1) is 0 Å². The monoisotopic (exact) mass is 1830 g/mol. The van der Waals surface area contributed by atoms with Gasteiger partial charge in [-0.3, -0.25) is 35.2 Å². The Morgan fingerprint density at radius 1 is 0.640 bits per heavy atom. The number of hydrogen-bond donors (Lipinski definition) is 1. The summed E-state index contributed by atoms with van der Waals surface area (Å²) in [6.45, 7) is 15.8. The topological polar surface area (TPSA) is 256 Å². The van der Waals surface area contributed by atoms with Crippen molar-refractivity contribution >= 4 is 229 Å². The van der Waals surface area contributed by atoms with E-state index in [-0.39, 0.29) is 41.7 Å². The van der Waals surface area contributed by atoms with E-state index in [1.165, 1.54) is 45.4 Å². The van der Waals surface area contributed by atoms with E-state index < -0.39 is 18.4 Å². The van der Waals surface area contributed by atoms with Crippen LogP contribution in [-0.2, 0) is 29.9 Å². The van der Waals surface area contributed by atoms with E-state index in [0.29, 0.717) is 51.6 Å². The fourth-order valence-electron chi connectivity index (χ4n) is 7.18. The number of pyridine rings is 8. The molecular formula is C57H65BBrCl4I4N12O9P. The van der Waals surface area contributed by atoms with Crippen molar-refractivity contribution in [2.75, 3.05) is 32.1 Å². The molecule has 32 heteroatoms. The molecule has 89 heavy (non-hydrogen) atoms. The van der Waals surface area contributed by atoms with E-state index in [1.807, 2.05) is 112 Å². The van der Waals surface area contributed by atoms with Crippen molar-refractivity contribution in [1.29, 1.82) is 0 Å². The van der Waals surface area contributed by atoms with Gasteiger partial charge in [-0.25, -0.2) is 24.9 Å². The van der Waals surface area contributed by atoms with Crippen LogP contribution in [0, 0.1) is 20.2 Å². The SMILES string of the molecule is C.CC1(C)OB(c2ccc(Cl)nc2)OC1(C)C.CCOP(OCC)OCC.CI.CI.Clc1ccc2c(n1)[nH]c1cccnc12.Cn1c2cccnc2c2ccc(Cl)nc21.ICI.O=[N+]([O-])c1cccnc1Br.O=[N+]([O-])c1ccncc1-c1ccc(Cl)nc1. The zero-order chi connectivity index (χ0) is 65.6. The molecule has 1 aliphatic rings. The van der Waals surface area contributed by atoms with Crippen LogP contribution in [0.15, 0.2) is 139 Å². The maximum atomic E-state index is 10.8. The number of nitrogens with one attached hydrogen (secondary N) is 1. The van der Waals surface area contributed by atoms with Crippen LogP contribution in [0.1, 0.15) is 55.9 Å². The minimum absolute atomic E-state index is 0. The number of aromatic nitrogens is 10. The molecule has 1 fully saturated rings. The molecule has 0 aromatic carbocycles. The molecule has 1 N–H and O–H groups in total. The number of alkyl halides is 4. The molecule has 11 rings (SSSR count). The molecule has 0 spiro atoms. The first-order chi connectivity index (χ1) is 42.1. The van der Waals surface area contributed by atoms with Crippen molar-refractivity contribution in [3.8, 4) is 11.1 Å². The van der Waals surface area contributed by atoms with Gasteiger partial charge in [0.2, 0.25) is 0 Å². The quantitative estimate of drug-likeness (QED) is 0.0254. The van der Waals surface area contributed by atoms with E-state index >= 15 is 0 Å². The van der Waals surface area contributed by atoms with Crippen LogP contribution >= 0.6 is 161 Å². The summed E-state index contributed by atoms with van der Waals surface area (Å²) in [6, 6.07) is 26.4. The highest BCUT2D eigenvalue weighted by Crippen LogP contribution is 2.39. The maximum Gasteiger partial charge on any atom is 0.496 e. The van der Waals surface area contributed by atoms with Crippen LogP contribution in [0.4, 0.5) is 11.4 Å². The number of H-pyrrole nitrogens is 1. The fraction of sp³-hybridized carbons (Fsp3) is 0.298. The lowest BCUT2D eigenvalue weighted by Crippen LogP contribution is -2.41. The number of nitrogens with zero attached hydrogens (tertiary/aromatic N) is 11. The van der Waals surface area contributed by atoms with E-state index in [9.17, 15) is 20.2 Å². The summed E-state index contributed by atoms with van der Waals surface area (Å²) in [6.07, 6.45) is 11.0. The molecule has 21 nitrogen and oxygen atoms in total. The van der Waals surface area contributed by atoms with Gasteiger partial charge in [0.15, 0.2) is 4.60 Å². The maximum absolute atomic E-state index is 10.8. The van der Waals surface area contributed by atoms with Crippen molar-refractivity contribution in [3.05, 3.63) is 180 Å². The average Bonchev–Trinajstić information content (AvgIpc) is 4.20. The molecule has 0 atom stereocenters. The molecular weight excluding hydrogens is 1770 g/mol. The van der Waals surface area contributed by atoms with Gasteiger partial charge in [0.05, 0.1) is 70.9 Å². The summed E-state index contributed by atoms with van der Waals surface area (Å²) in [7, 11) is 0.541. The third-order valence-electron chi connectivity index (χ3n) is 11.7. The van der Waals surface area contributed by atoms with E-state index in [1.54, 1.807) is 48.9 Å². The predicted octanol–water partition coefficient (Wildman–Crippen LogP) is 18.9. The van der Waals surface area contributed by atoms with Crippen LogP contribution in [0.5, 0.6) is 0 Å². The molecule has 0 saturated carbocycles. The Labute approximate surface area is 602 Å². The molecule has 1 saturated heterocycles. The zero-order valence-corrected chi connectivity index (χ0v) is 63.2. The van der Waals surface area contributed by atoms with Crippen molar-refractivity contribution in [1.82, 2.24) is 49.4 Å². The van der Waals surface area contributed by atoms with Crippen molar-refractivity contribution < 1.29 is 32.7 Å². The molecule has 0 amide bonds. The van der Waals surface area contributed by atoms with Gasteiger partial charge in [0, 0.05) is 84.4 Å². The molecule has 0 unspecified atom stereocenters. The Morgan fingerprint density at radius 2 is 1.15 bits per heavy atom. The van der Waals surface area contributed by atoms with Gasteiger partial charge in [-0.1, -0.05) is 150 Å². The van der Waals surface area contributed by atoms with Gasteiger partial charge >= 0.3 is 21.4 Å². The van der Waals surface area contributed by atoms with Crippen molar-refractivity contribution in [3.63, 3.8) is 0 Å². The first kappa shape index (κ1) is 81.5. The Kier molecular flexibility index (Phi) is 39.1. The number of rotatable bonds is 10. The lowest BCUT2D eigenvalue weighted by Gasteiger charge is -2.32. The largest absolute Gasteiger partial charge is 0.496 e. The van der Waals surface area contributed by atoms with Crippen LogP contribution in [0.3, 0.4) is 0 Å². The summed E-state index contributed by atoms with van der Waals surface area (Å²) in [5.41, 5.74) is 6.90. The summed E-state index contributed by atoms with van der Waals surface area (Å²) in [4.78, 5) is 59.7. The van der Waals surface area contributed by atoms with Crippen LogP contribution < -0.4 is 5.46 Å². The van der Waals surface area contributed by atoms with Crippen LogP contribution in [0.2, 0.25) is 20.6 Å². The van der Waals surface area contributed by atoms with Crippen molar-refractivity contribution in [2.45, 2.75) is 67.1 Å².